The van der Waals surface area contributed by atoms with Crippen LogP contribution in [0.4, 0.5) is 0 Å². The zero-order chi connectivity index (χ0) is 12.2. The van der Waals surface area contributed by atoms with Crippen LogP contribution < -0.4 is 5.19 Å². The second-order valence-electron chi connectivity index (χ2n) is 5.00. The van der Waals surface area contributed by atoms with Crippen molar-refractivity contribution in [3.05, 3.63) is 42.0 Å². The maximum absolute atomic E-state index is 10.1. The first-order chi connectivity index (χ1) is 7.47. The Morgan fingerprint density at radius 2 is 1.88 bits per heavy atom. The van der Waals surface area contributed by atoms with Gasteiger partial charge in [-0.1, -0.05) is 54.7 Å². The van der Waals surface area contributed by atoms with E-state index in [1.807, 2.05) is 26.0 Å². The second-order valence-corrected chi connectivity index (χ2v) is 9.76. The molecule has 0 unspecified atom stereocenters. The number of aliphatic hydroxyl groups is 1. The van der Waals surface area contributed by atoms with Crippen molar-refractivity contribution in [2.75, 3.05) is 0 Å². The van der Waals surface area contributed by atoms with E-state index in [-0.39, 0.29) is 6.10 Å². The normalized spacial score (nSPS) is 14.9. The molecule has 0 saturated carbocycles. The summed E-state index contributed by atoms with van der Waals surface area (Å²) >= 11 is 0. The summed E-state index contributed by atoms with van der Waals surface area (Å²) in [7, 11) is -1.51. The molecule has 1 atom stereocenters. The average Bonchev–Trinajstić information content (AvgIpc) is 2.28. The van der Waals surface area contributed by atoms with Gasteiger partial charge in [0.15, 0.2) is 0 Å². The lowest BCUT2D eigenvalue weighted by Crippen LogP contribution is -2.44. The average molecular weight is 234 g/mol. The van der Waals surface area contributed by atoms with E-state index in [1.54, 1.807) is 0 Å². The summed E-state index contributed by atoms with van der Waals surface area (Å²) in [5, 5.41) is 11.5. The van der Waals surface area contributed by atoms with Crippen LogP contribution in [0.2, 0.25) is 19.1 Å². The highest BCUT2D eigenvalue weighted by atomic mass is 28.3. The van der Waals surface area contributed by atoms with Crippen LogP contribution in [-0.4, -0.2) is 19.3 Å². The van der Waals surface area contributed by atoms with Crippen LogP contribution in [0.15, 0.2) is 42.0 Å². The van der Waals surface area contributed by atoms with Crippen LogP contribution in [0.5, 0.6) is 0 Å². The van der Waals surface area contributed by atoms with Crippen LogP contribution in [0, 0.1) is 0 Å². The first-order valence-corrected chi connectivity index (χ1v) is 9.04. The maximum Gasteiger partial charge on any atom is 0.0834 e. The Balaban J connectivity index is 2.80. The summed E-state index contributed by atoms with van der Waals surface area (Å²) in [6, 6.07) is 11.5. The molecule has 0 fully saturated rings. The molecular weight excluding hydrogens is 212 g/mol. The summed E-state index contributed by atoms with van der Waals surface area (Å²) in [5.41, 5.74) is 1.08. The van der Waals surface area contributed by atoms with E-state index in [0.717, 1.165) is 11.6 Å². The SMILES string of the molecule is C/C=C(\C)[C@H](O)C[Si](C)(C)c1ccccc1. The fourth-order valence-electron chi connectivity index (χ4n) is 1.84. The summed E-state index contributed by atoms with van der Waals surface area (Å²) in [4.78, 5) is 0. The standard InChI is InChI=1S/C14H22OSi/c1-5-12(2)14(15)11-16(3,4)13-9-7-6-8-10-13/h5-10,14-15H,11H2,1-4H3/b12-5+/t14-/m1/s1. The lowest BCUT2D eigenvalue weighted by atomic mass is 10.2. The molecule has 0 heterocycles. The number of hydrogen-bond donors (Lipinski definition) is 1. The molecule has 1 rings (SSSR count). The fourth-order valence-corrected chi connectivity index (χ4v) is 4.46. The Bertz CT molecular complexity index is 354. The highest BCUT2D eigenvalue weighted by Crippen LogP contribution is 2.17. The zero-order valence-corrected chi connectivity index (χ0v) is 11.7. The van der Waals surface area contributed by atoms with Crippen LogP contribution >= 0.6 is 0 Å². The third-order valence-corrected chi connectivity index (χ3v) is 6.54. The smallest absolute Gasteiger partial charge is 0.0834 e. The van der Waals surface area contributed by atoms with E-state index in [9.17, 15) is 5.11 Å². The van der Waals surface area contributed by atoms with Gasteiger partial charge >= 0.3 is 0 Å². The van der Waals surface area contributed by atoms with Crippen LogP contribution in [0.1, 0.15) is 13.8 Å². The third-order valence-electron chi connectivity index (χ3n) is 3.24. The predicted molar refractivity (Wildman–Crippen MR) is 73.8 cm³/mol. The van der Waals surface area contributed by atoms with Gasteiger partial charge in [-0.15, -0.1) is 0 Å². The molecule has 16 heavy (non-hydrogen) atoms. The van der Waals surface area contributed by atoms with E-state index in [1.165, 1.54) is 5.19 Å². The van der Waals surface area contributed by atoms with Gasteiger partial charge in [0.25, 0.3) is 0 Å². The molecule has 2 heteroatoms. The molecule has 0 spiro atoms. The summed E-state index contributed by atoms with van der Waals surface area (Å²) in [5.74, 6) is 0. The highest BCUT2D eigenvalue weighted by molar-refractivity contribution is 6.89. The van der Waals surface area contributed by atoms with Crippen molar-refractivity contribution in [2.45, 2.75) is 39.1 Å². The lowest BCUT2D eigenvalue weighted by Gasteiger charge is -2.26. The van der Waals surface area contributed by atoms with Gasteiger partial charge in [0.05, 0.1) is 14.2 Å². The van der Waals surface area contributed by atoms with Gasteiger partial charge in [-0.2, -0.15) is 0 Å². The minimum absolute atomic E-state index is 0.285. The number of allylic oxidation sites excluding steroid dienone is 1. The van der Waals surface area contributed by atoms with Gasteiger partial charge in [0.2, 0.25) is 0 Å². The quantitative estimate of drug-likeness (QED) is 0.627. The van der Waals surface area contributed by atoms with E-state index in [4.69, 9.17) is 0 Å². The monoisotopic (exact) mass is 234 g/mol. The Morgan fingerprint density at radius 3 is 2.38 bits per heavy atom. The van der Waals surface area contributed by atoms with E-state index >= 15 is 0 Å². The largest absolute Gasteiger partial charge is 0.389 e. The molecule has 0 aliphatic carbocycles. The summed E-state index contributed by atoms with van der Waals surface area (Å²) < 4.78 is 0. The Hall–Kier alpha value is -0.863. The molecular formula is C14H22OSi. The van der Waals surface area contributed by atoms with Gasteiger partial charge in [-0.3, -0.25) is 0 Å². The third kappa shape index (κ3) is 3.32. The molecule has 1 aromatic rings. The summed E-state index contributed by atoms with van der Waals surface area (Å²) in [6.45, 7) is 8.61. The molecule has 0 bridgehead atoms. The Morgan fingerprint density at radius 1 is 1.31 bits per heavy atom. The van der Waals surface area contributed by atoms with Gasteiger partial charge in [-0.25, -0.2) is 0 Å². The number of rotatable bonds is 4. The molecule has 88 valence electrons. The molecule has 1 nitrogen and oxygen atoms in total. The van der Waals surface area contributed by atoms with Gasteiger partial charge in [-0.05, 0) is 25.5 Å². The van der Waals surface area contributed by atoms with Crippen molar-refractivity contribution in [1.29, 1.82) is 0 Å². The van der Waals surface area contributed by atoms with E-state index < -0.39 is 8.07 Å². The van der Waals surface area contributed by atoms with Crippen molar-refractivity contribution in [3.8, 4) is 0 Å². The second kappa shape index (κ2) is 5.46. The predicted octanol–water partition coefficient (Wildman–Crippen LogP) is 2.93. The van der Waals surface area contributed by atoms with Crippen molar-refractivity contribution in [1.82, 2.24) is 0 Å². The van der Waals surface area contributed by atoms with Crippen molar-refractivity contribution in [3.63, 3.8) is 0 Å². The molecule has 1 N–H and O–H groups in total. The zero-order valence-electron chi connectivity index (χ0n) is 10.7. The van der Waals surface area contributed by atoms with Gasteiger partial charge in [0, 0.05) is 0 Å². The Kier molecular flexibility index (Phi) is 4.51. The molecule has 0 aliphatic rings. The topological polar surface area (TPSA) is 20.2 Å². The van der Waals surface area contributed by atoms with Crippen molar-refractivity contribution in [2.24, 2.45) is 0 Å². The Labute approximate surface area is 99.8 Å². The number of aliphatic hydroxyl groups excluding tert-OH is 1. The maximum atomic E-state index is 10.1. The van der Waals surface area contributed by atoms with Gasteiger partial charge in [0.1, 0.15) is 0 Å². The molecule has 0 aromatic heterocycles. The first kappa shape index (κ1) is 13.2. The molecule has 0 aliphatic heterocycles. The van der Waals surface area contributed by atoms with Crippen LogP contribution in [0.3, 0.4) is 0 Å². The molecule has 1 aromatic carbocycles. The number of benzene rings is 1. The summed E-state index contributed by atoms with van der Waals surface area (Å²) in [6.07, 6.45) is 1.71. The number of hydrogen-bond acceptors (Lipinski definition) is 1. The van der Waals surface area contributed by atoms with E-state index in [0.29, 0.717) is 0 Å². The highest BCUT2D eigenvalue weighted by Gasteiger charge is 2.26. The van der Waals surface area contributed by atoms with Gasteiger partial charge < -0.3 is 5.11 Å². The minimum Gasteiger partial charge on any atom is -0.389 e. The lowest BCUT2D eigenvalue weighted by molar-refractivity contribution is 0.229. The van der Waals surface area contributed by atoms with Crippen molar-refractivity contribution >= 4 is 13.3 Å². The van der Waals surface area contributed by atoms with Crippen LogP contribution in [0.25, 0.3) is 0 Å². The molecule has 0 saturated heterocycles. The van der Waals surface area contributed by atoms with Crippen LogP contribution in [-0.2, 0) is 0 Å². The molecule has 0 radical (unpaired) electrons. The first-order valence-electron chi connectivity index (χ1n) is 5.84. The van der Waals surface area contributed by atoms with E-state index in [2.05, 4.69) is 37.4 Å². The fraction of sp³-hybridized carbons (Fsp3) is 0.429. The van der Waals surface area contributed by atoms with Crippen molar-refractivity contribution < 1.29 is 5.11 Å². The molecule has 0 amide bonds. The minimum atomic E-state index is -1.51.